The van der Waals surface area contributed by atoms with Gasteiger partial charge in [-0.25, -0.2) is 4.68 Å². The number of carbonyl (C=O) groups excluding carboxylic acids is 1. The van der Waals surface area contributed by atoms with E-state index in [1.807, 2.05) is 60.7 Å². The highest BCUT2D eigenvalue weighted by Crippen LogP contribution is 2.22. The fraction of sp³-hybridized carbons (Fsp3) is 0.304. The Balaban J connectivity index is 1.56. The quantitative estimate of drug-likeness (QED) is 0.653. The largest absolute Gasteiger partial charge is 0.493 e. The minimum absolute atomic E-state index is 0.164. The van der Waals surface area contributed by atoms with Crippen molar-refractivity contribution < 1.29 is 14.3 Å². The van der Waals surface area contributed by atoms with E-state index in [4.69, 9.17) is 9.47 Å². The van der Waals surface area contributed by atoms with Crippen molar-refractivity contribution in [2.45, 2.75) is 6.04 Å². The van der Waals surface area contributed by atoms with E-state index < -0.39 is 0 Å². The number of methoxy groups -OCH3 is 1. The summed E-state index contributed by atoms with van der Waals surface area (Å²) in [4.78, 5) is 15.5. The Morgan fingerprint density at radius 2 is 1.77 bits per heavy atom. The molecule has 7 nitrogen and oxygen atoms in total. The first-order valence-electron chi connectivity index (χ1n) is 10.1. The normalized spacial score (nSPS) is 15.5. The van der Waals surface area contributed by atoms with Crippen molar-refractivity contribution in [1.82, 2.24) is 20.0 Å². The molecule has 1 N–H and O–H groups in total. The molecule has 30 heavy (non-hydrogen) atoms. The van der Waals surface area contributed by atoms with Crippen LogP contribution in [-0.2, 0) is 4.74 Å². The fourth-order valence-electron chi connectivity index (χ4n) is 3.57. The number of hydrogen-bond donors (Lipinski definition) is 1. The number of amides is 1. The van der Waals surface area contributed by atoms with Gasteiger partial charge in [0.2, 0.25) is 0 Å². The number of nitrogens with one attached hydrogen (secondary N) is 1. The van der Waals surface area contributed by atoms with Gasteiger partial charge in [0.1, 0.15) is 0 Å². The zero-order chi connectivity index (χ0) is 20.8. The van der Waals surface area contributed by atoms with Crippen molar-refractivity contribution in [3.8, 4) is 11.4 Å². The summed E-state index contributed by atoms with van der Waals surface area (Å²) in [6, 6.07) is 19.5. The molecule has 0 bridgehead atoms. The molecule has 7 heteroatoms. The van der Waals surface area contributed by atoms with Gasteiger partial charge < -0.3 is 14.8 Å². The van der Waals surface area contributed by atoms with E-state index in [1.54, 1.807) is 18.0 Å². The van der Waals surface area contributed by atoms with Gasteiger partial charge in [-0.05, 0) is 17.7 Å². The van der Waals surface area contributed by atoms with E-state index in [0.29, 0.717) is 25.5 Å². The summed E-state index contributed by atoms with van der Waals surface area (Å²) in [5, 5.41) is 7.65. The Hall–Kier alpha value is -3.16. The van der Waals surface area contributed by atoms with Gasteiger partial charge in [0.05, 0.1) is 38.2 Å². The molecule has 1 unspecified atom stereocenters. The number of morpholine rings is 1. The van der Waals surface area contributed by atoms with Crippen LogP contribution in [0.1, 0.15) is 22.1 Å². The number of hydrogen-bond acceptors (Lipinski definition) is 5. The monoisotopic (exact) mass is 406 g/mol. The van der Waals surface area contributed by atoms with Crippen LogP contribution in [0.3, 0.4) is 0 Å². The highest BCUT2D eigenvalue weighted by molar-refractivity contribution is 5.95. The number of para-hydroxylation sites is 1. The van der Waals surface area contributed by atoms with Gasteiger partial charge in [-0.2, -0.15) is 5.10 Å². The molecule has 0 spiro atoms. The van der Waals surface area contributed by atoms with Crippen molar-refractivity contribution in [2.24, 2.45) is 0 Å². The van der Waals surface area contributed by atoms with Crippen LogP contribution in [0.15, 0.2) is 66.9 Å². The number of aromatic nitrogens is 2. The van der Waals surface area contributed by atoms with Crippen LogP contribution < -0.4 is 10.1 Å². The summed E-state index contributed by atoms with van der Waals surface area (Å²) in [5.41, 5.74) is 2.19. The number of ether oxygens (including phenoxy) is 2. The van der Waals surface area contributed by atoms with Crippen LogP contribution in [-0.4, -0.2) is 60.5 Å². The first-order valence-corrected chi connectivity index (χ1v) is 10.1. The lowest BCUT2D eigenvalue weighted by atomic mass is 10.1. The Labute approximate surface area is 176 Å². The number of rotatable bonds is 7. The molecule has 0 radical (unpaired) electrons. The minimum Gasteiger partial charge on any atom is -0.493 e. The summed E-state index contributed by atoms with van der Waals surface area (Å²) >= 11 is 0. The van der Waals surface area contributed by atoms with Gasteiger partial charge in [0, 0.05) is 19.6 Å². The lowest BCUT2D eigenvalue weighted by molar-refractivity contribution is 0.0332. The molecule has 0 aliphatic carbocycles. The number of benzene rings is 2. The zero-order valence-electron chi connectivity index (χ0n) is 17.0. The summed E-state index contributed by atoms with van der Waals surface area (Å²) in [6.45, 7) is 3.84. The average Bonchev–Trinajstić information content (AvgIpc) is 3.25. The van der Waals surface area contributed by atoms with E-state index in [-0.39, 0.29) is 17.6 Å². The summed E-state index contributed by atoms with van der Waals surface area (Å²) in [7, 11) is 1.55. The molecular weight excluding hydrogens is 380 g/mol. The van der Waals surface area contributed by atoms with Crippen LogP contribution >= 0.6 is 0 Å². The predicted molar refractivity (Wildman–Crippen MR) is 114 cm³/mol. The number of carbonyl (C=O) groups is 1. The van der Waals surface area contributed by atoms with Crippen LogP contribution in [0.4, 0.5) is 0 Å². The van der Waals surface area contributed by atoms with E-state index in [2.05, 4.69) is 15.3 Å². The fourth-order valence-corrected chi connectivity index (χ4v) is 3.57. The van der Waals surface area contributed by atoms with Crippen molar-refractivity contribution in [2.75, 3.05) is 40.0 Å². The van der Waals surface area contributed by atoms with E-state index >= 15 is 0 Å². The van der Waals surface area contributed by atoms with Crippen LogP contribution in [0, 0.1) is 0 Å². The molecule has 4 rings (SSSR count). The van der Waals surface area contributed by atoms with Crippen molar-refractivity contribution >= 4 is 5.91 Å². The molecule has 1 fully saturated rings. The molecule has 1 saturated heterocycles. The SMILES string of the molecule is COc1cn(-c2ccccc2)nc1C(=O)NC(CN1CCOCC1)c1ccccc1. The summed E-state index contributed by atoms with van der Waals surface area (Å²) < 4.78 is 12.5. The molecule has 2 heterocycles. The van der Waals surface area contributed by atoms with E-state index in [1.165, 1.54) is 0 Å². The number of nitrogens with zero attached hydrogens (tertiary/aromatic N) is 3. The van der Waals surface area contributed by atoms with Crippen molar-refractivity contribution in [3.63, 3.8) is 0 Å². The van der Waals surface area contributed by atoms with Gasteiger partial charge >= 0.3 is 0 Å². The second-order valence-corrected chi connectivity index (χ2v) is 7.18. The Bertz CT molecular complexity index is 953. The van der Waals surface area contributed by atoms with Gasteiger partial charge in [-0.15, -0.1) is 0 Å². The summed E-state index contributed by atoms with van der Waals surface area (Å²) in [6.07, 6.45) is 1.73. The maximum absolute atomic E-state index is 13.2. The Morgan fingerprint density at radius 3 is 2.43 bits per heavy atom. The second-order valence-electron chi connectivity index (χ2n) is 7.18. The van der Waals surface area contributed by atoms with Crippen LogP contribution in [0.25, 0.3) is 5.69 Å². The third-order valence-electron chi connectivity index (χ3n) is 5.19. The van der Waals surface area contributed by atoms with Crippen molar-refractivity contribution in [3.05, 3.63) is 78.1 Å². The third kappa shape index (κ3) is 4.69. The second kappa shape index (κ2) is 9.56. The average molecular weight is 406 g/mol. The van der Waals surface area contributed by atoms with Gasteiger partial charge in [0.15, 0.2) is 11.4 Å². The molecule has 0 saturated carbocycles. The molecule has 1 amide bonds. The molecular formula is C23H26N4O3. The summed E-state index contributed by atoms with van der Waals surface area (Å²) in [5.74, 6) is 0.179. The van der Waals surface area contributed by atoms with Crippen LogP contribution in [0.2, 0.25) is 0 Å². The highest BCUT2D eigenvalue weighted by atomic mass is 16.5. The lowest BCUT2D eigenvalue weighted by Crippen LogP contribution is -2.43. The van der Waals surface area contributed by atoms with Gasteiger partial charge in [-0.3, -0.25) is 9.69 Å². The molecule has 3 aromatic rings. The first-order chi connectivity index (χ1) is 14.7. The highest BCUT2D eigenvalue weighted by Gasteiger charge is 2.24. The van der Waals surface area contributed by atoms with Gasteiger partial charge in [-0.1, -0.05) is 48.5 Å². The Kier molecular flexibility index (Phi) is 6.41. The zero-order valence-corrected chi connectivity index (χ0v) is 17.0. The molecule has 1 atom stereocenters. The molecule has 2 aromatic carbocycles. The lowest BCUT2D eigenvalue weighted by Gasteiger charge is -2.31. The molecule has 1 aromatic heterocycles. The van der Waals surface area contributed by atoms with Gasteiger partial charge in [0.25, 0.3) is 5.91 Å². The van der Waals surface area contributed by atoms with E-state index in [0.717, 1.165) is 24.3 Å². The molecule has 1 aliphatic heterocycles. The topological polar surface area (TPSA) is 68.6 Å². The van der Waals surface area contributed by atoms with E-state index in [9.17, 15) is 4.79 Å². The first kappa shape index (κ1) is 20.1. The minimum atomic E-state index is -0.261. The van der Waals surface area contributed by atoms with Crippen molar-refractivity contribution in [1.29, 1.82) is 0 Å². The standard InChI is InChI=1S/C23H26N4O3/c1-29-21-17-27(19-10-6-3-7-11-19)25-22(21)23(28)24-20(18-8-4-2-5-9-18)16-26-12-14-30-15-13-26/h2-11,17,20H,12-16H2,1H3,(H,24,28). The van der Waals surface area contributed by atoms with Crippen LogP contribution in [0.5, 0.6) is 5.75 Å². The Morgan fingerprint density at radius 1 is 1.10 bits per heavy atom. The maximum Gasteiger partial charge on any atom is 0.276 e. The molecule has 156 valence electrons. The predicted octanol–water partition coefficient (Wildman–Crippen LogP) is 2.68. The molecule has 1 aliphatic rings. The maximum atomic E-state index is 13.2. The third-order valence-corrected chi connectivity index (χ3v) is 5.19. The smallest absolute Gasteiger partial charge is 0.276 e.